The summed E-state index contributed by atoms with van der Waals surface area (Å²) in [7, 11) is -1.52. The van der Waals surface area contributed by atoms with Crippen molar-refractivity contribution in [3.8, 4) is 11.6 Å². The van der Waals surface area contributed by atoms with Crippen molar-refractivity contribution in [2.24, 2.45) is 0 Å². The van der Waals surface area contributed by atoms with Crippen molar-refractivity contribution in [3.63, 3.8) is 0 Å². The highest BCUT2D eigenvalue weighted by molar-refractivity contribution is 7.88. The first-order chi connectivity index (χ1) is 15.4. The van der Waals surface area contributed by atoms with Gasteiger partial charge < -0.3 is 19.4 Å². The second-order valence-corrected chi connectivity index (χ2v) is 9.82. The molecule has 32 heavy (non-hydrogen) atoms. The lowest BCUT2D eigenvalue weighted by atomic mass is 9.92. The van der Waals surface area contributed by atoms with Crippen LogP contribution in [0.3, 0.4) is 0 Å². The molecule has 0 radical (unpaired) electrons. The zero-order valence-corrected chi connectivity index (χ0v) is 19.1. The third kappa shape index (κ3) is 5.56. The number of methoxy groups -OCH3 is 1. The van der Waals surface area contributed by atoms with Crippen molar-refractivity contribution < 1.29 is 17.9 Å². The van der Waals surface area contributed by atoms with Crippen LogP contribution in [-0.4, -0.2) is 61.6 Å². The third-order valence-electron chi connectivity index (χ3n) is 5.57. The van der Waals surface area contributed by atoms with Gasteiger partial charge in [0, 0.05) is 37.0 Å². The summed E-state index contributed by atoms with van der Waals surface area (Å²) >= 11 is 0. The molecule has 0 amide bonds. The number of nitrogens with zero attached hydrogens (tertiary/aromatic N) is 3. The Morgan fingerprint density at radius 2 is 1.88 bits per heavy atom. The lowest BCUT2D eigenvalue weighted by Crippen LogP contribution is -2.39. The molecule has 3 aromatic rings. The fraction of sp³-hybridized carbons (Fsp3) is 0.455. The summed E-state index contributed by atoms with van der Waals surface area (Å²) in [5.74, 6) is 2.14. The van der Waals surface area contributed by atoms with E-state index >= 15 is 0 Å². The van der Waals surface area contributed by atoms with Crippen molar-refractivity contribution in [2.75, 3.05) is 31.9 Å². The fourth-order valence-electron chi connectivity index (χ4n) is 4.09. The van der Waals surface area contributed by atoms with E-state index in [1.54, 1.807) is 13.3 Å². The molecule has 172 valence electrons. The number of hydrogen-bond donors (Lipinski definition) is 2. The van der Waals surface area contributed by atoms with Crippen LogP contribution in [0.2, 0.25) is 0 Å². The SMILES string of the molecule is COCCOc1cccc2c1ccn2-c1ccnc(N[C@H]2CC[C@H](NS(C)(=O)=O)CC2)n1. The number of benzene rings is 1. The zero-order valence-electron chi connectivity index (χ0n) is 18.3. The Kier molecular flexibility index (Phi) is 6.92. The molecule has 1 saturated carbocycles. The van der Waals surface area contributed by atoms with Crippen LogP contribution in [0.1, 0.15) is 25.7 Å². The van der Waals surface area contributed by atoms with Gasteiger partial charge in [-0.2, -0.15) is 4.98 Å². The van der Waals surface area contributed by atoms with E-state index in [2.05, 4.69) is 15.0 Å². The Morgan fingerprint density at radius 3 is 2.62 bits per heavy atom. The summed E-state index contributed by atoms with van der Waals surface area (Å²) in [4.78, 5) is 9.10. The molecule has 1 fully saturated rings. The topological polar surface area (TPSA) is 107 Å². The second kappa shape index (κ2) is 9.85. The van der Waals surface area contributed by atoms with Gasteiger partial charge in [-0.05, 0) is 49.9 Å². The Balaban J connectivity index is 1.46. The maximum absolute atomic E-state index is 11.4. The molecule has 2 N–H and O–H groups in total. The van der Waals surface area contributed by atoms with Crippen molar-refractivity contribution in [1.29, 1.82) is 0 Å². The van der Waals surface area contributed by atoms with Gasteiger partial charge in [-0.15, -0.1) is 0 Å². The van der Waals surface area contributed by atoms with Gasteiger partial charge >= 0.3 is 0 Å². The lowest BCUT2D eigenvalue weighted by molar-refractivity contribution is 0.147. The van der Waals surface area contributed by atoms with E-state index in [0.29, 0.717) is 19.2 Å². The average Bonchev–Trinajstić information content (AvgIpc) is 3.20. The highest BCUT2D eigenvalue weighted by Crippen LogP contribution is 2.28. The van der Waals surface area contributed by atoms with Crippen molar-refractivity contribution in [1.82, 2.24) is 19.3 Å². The molecule has 1 aliphatic carbocycles. The van der Waals surface area contributed by atoms with E-state index in [1.807, 2.05) is 41.1 Å². The van der Waals surface area contributed by atoms with Gasteiger partial charge in [-0.25, -0.2) is 18.1 Å². The van der Waals surface area contributed by atoms with E-state index in [-0.39, 0.29) is 12.1 Å². The Bertz CT molecular complexity index is 1160. The van der Waals surface area contributed by atoms with Crippen molar-refractivity contribution >= 4 is 26.9 Å². The monoisotopic (exact) mass is 459 g/mol. The molecule has 0 bridgehead atoms. The number of sulfonamides is 1. The average molecular weight is 460 g/mol. The highest BCUT2D eigenvalue weighted by atomic mass is 32.2. The van der Waals surface area contributed by atoms with Crippen LogP contribution >= 0.6 is 0 Å². The molecule has 2 aromatic heterocycles. The van der Waals surface area contributed by atoms with E-state index < -0.39 is 10.0 Å². The molecule has 1 aromatic carbocycles. The largest absolute Gasteiger partial charge is 0.490 e. The van der Waals surface area contributed by atoms with Crippen LogP contribution in [0.4, 0.5) is 5.95 Å². The molecular formula is C22H29N5O4S. The third-order valence-corrected chi connectivity index (χ3v) is 6.33. The molecule has 1 aliphatic rings. The number of anilines is 1. The number of ether oxygens (including phenoxy) is 2. The molecule has 0 atom stereocenters. The summed E-state index contributed by atoms with van der Waals surface area (Å²) in [6, 6.07) is 10.0. The number of hydrogen-bond acceptors (Lipinski definition) is 7. The van der Waals surface area contributed by atoms with Gasteiger partial charge in [-0.1, -0.05) is 6.07 Å². The minimum atomic E-state index is -3.17. The molecule has 0 saturated heterocycles. The van der Waals surface area contributed by atoms with Crippen LogP contribution in [0, 0.1) is 0 Å². The molecule has 4 rings (SSSR count). The normalized spacial score (nSPS) is 19.2. The standard InChI is InChI=1S/C22H29N5O4S/c1-30-14-15-31-20-5-3-4-19-18(20)11-13-27(19)21-10-12-23-22(25-21)24-16-6-8-17(9-7-16)26-32(2,28)29/h3-5,10-13,16-17,26H,6-9,14-15H2,1-2H3,(H,23,24,25)/t16-,17-. The van der Waals surface area contributed by atoms with E-state index in [9.17, 15) is 8.42 Å². The summed E-state index contributed by atoms with van der Waals surface area (Å²) in [5.41, 5.74) is 0.997. The number of rotatable bonds is 9. The number of fused-ring (bicyclic) bond motifs is 1. The van der Waals surface area contributed by atoms with E-state index in [4.69, 9.17) is 14.5 Å². The van der Waals surface area contributed by atoms with Crippen molar-refractivity contribution in [2.45, 2.75) is 37.8 Å². The lowest BCUT2D eigenvalue weighted by Gasteiger charge is -2.29. The minimum absolute atomic E-state index is 0.00171. The van der Waals surface area contributed by atoms with Crippen LogP contribution < -0.4 is 14.8 Å². The van der Waals surface area contributed by atoms with E-state index in [0.717, 1.165) is 48.2 Å². The second-order valence-electron chi connectivity index (χ2n) is 8.04. The summed E-state index contributed by atoms with van der Waals surface area (Å²) in [6.07, 6.45) is 8.21. The molecular weight excluding hydrogens is 430 g/mol. The van der Waals surface area contributed by atoms with Gasteiger partial charge in [0.1, 0.15) is 18.2 Å². The quantitative estimate of drug-likeness (QED) is 0.474. The molecule has 0 unspecified atom stereocenters. The predicted octanol–water partition coefficient (Wildman–Crippen LogP) is 2.72. The Hall–Kier alpha value is -2.69. The van der Waals surface area contributed by atoms with Gasteiger partial charge in [0.15, 0.2) is 0 Å². The van der Waals surface area contributed by atoms with Crippen LogP contribution in [0.5, 0.6) is 5.75 Å². The van der Waals surface area contributed by atoms with Crippen LogP contribution in [0.25, 0.3) is 16.7 Å². The summed E-state index contributed by atoms with van der Waals surface area (Å²) in [6.45, 7) is 1.02. The van der Waals surface area contributed by atoms with Crippen molar-refractivity contribution in [3.05, 3.63) is 42.7 Å². The summed E-state index contributed by atoms with van der Waals surface area (Å²) in [5, 5.41) is 4.42. The van der Waals surface area contributed by atoms with Gasteiger partial charge in [0.25, 0.3) is 0 Å². The first-order valence-corrected chi connectivity index (χ1v) is 12.6. The smallest absolute Gasteiger partial charge is 0.224 e. The maximum Gasteiger partial charge on any atom is 0.224 e. The first-order valence-electron chi connectivity index (χ1n) is 10.7. The van der Waals surface area contributed by atoms with Gasteiger partial charge in [0.2, 0.25) is 16.0 Å². The molecule has 0 spiro atoms. The first kappa shape index (κ1) is 22.5. The molecule has 2 heterocycles. The van der Waals surface area contributed by atoms with Crippen LogP contribution in [0.15, 0.2) is 42.7 Å². The molecule has 9 nitrogen and oxygen atoms in total. The predicted molar refractivity (Wildman–Crippen MR) is 124 cm³/mol. The Labute approximate surface area is 188 Å². The Morgan fingerprint density at radius 1 is 1.09 bits per heavy atom. The minimum Gasteiger partial charge on any atom is -0.490 e. The van der Waals surface area contributed by atoms with E-state index in [1.165, 1.54) is 6.26 Å². The molecule has 10 heteroatoms. The zero-order chi connectivity index (χ0) is 22.6. The van der Waals surface area contributed by atoms with Crippen LogP contribution in [-0.2, 0) is 14.8 Å². The number of aromatic nitrogens is 3. The van der Waals surface area contributed by atoms with Gasteiger partial charge in [-0.3, -0.25) is 0 Å². The highest BCUT2D eigenvalue weighted by Gasteiger charge is 2.23. The van der Waals surface area contributed by atoms with Gasteiger partial charge in [0.05, 0.1) is 18.4 Å². The fourth-order valence-corrected chi connectivity index (χ4v) is 4.94. The molecule has 0 aliphatic heterocycles. The summed E-state index contributed by atoms with van der Waals surface area (Å²) < 4.78 is 38.5. The maximum atomic E-state index is 11.4. The number of nitrogens with one attached hydrogen (secondary N) is 2.